The summed E-state index contributed by atoms with van der Waals surface area (Å²) in [6, 6.07) is 11.3. The second kappa shape index (κ2) is 7.62. The highest BCUT2D eigenvalue weighted by molar-refractivity contribution is 5.76. The quantitative estimate of drug-likeness (QED) is 0.822. The van der Waals surface area contributed by atoms with Crippen molar-refractivity contribution >= 4 is 5.91 Å². The molecule has 24 heavy (non-hydrogen) atoms. The molecule has 1 unspecified atom stereocenters. The van der Waals surface area contributed by atoms with Gasteiger partial charge >= 0.3 is 0 Å². The Kier molecular flexibility index (Phi) is 5.30. The predicted octanol–water partition coefficient (Wildman–Crippen LogP) is 1.24. The number of benzene rings is 1. The molecule has 4 nitrogen and oxygen atoms in total. The van der Waals surface area contributed by atoms with E-state index in [0.29, 0.717) is 31.1 Å². The first-order valence-electron chi connectivity index (χ1n) is 8.61. The van der Waals surface area contributed by atoms with Crippen molar-refractivity contribution < 1.29 is 14.1 Å². The third-order valence-corrected chi connectivity index (χ3v) is 4.89. The van der Waals surface area contributed by atoms with E-state index in [0.717, 1.165) is 19.4 Å². The Balaban J connectivity index is 1.49. The van der Waals surface area contributed by atoms with E-state index in [1.54, 1.807) is 12.1 Å². The summed E-state index contributed by atoms with van der Waals surface area (Å²) in [7, 11) is 2.06. The summed E-state index contributed by atoms with van der Waals surface area (Å²) in [6.07, 6.45) is 4.85. The second-order valence-corrected chi connectivity index (χ2v) is 6.52. The molecule has 0 aliphatic carbocycles. The van der Waals surface area contributed by atoms with Crippen molar-refractivity contribution in [3.05, 3.63) is 59.7 Å². The Bertz CT molecular complexity index is 697. The van der Waals surface area contributed by atoms with Crippen LogP contribution in [0.5, 0.6) is 0 Å². The molecule has 1 fully saturated rings. The van der Waals surface area contributed by atoms with Crippen LogP contribution in [-0.2, 0) is 18.3 Å². The Morgan fingerprint density at radius 3 is 2.92 bits per heavy atom. The molecule has 2 heterocycles. The van der Waals surface area contributed by atoms with Crippen LogP contribution in [0.15, 0.2) is 42.6 Å². The van der Waals surface area contributed by atoms with Crippen LogP contribution < -0.4 is 10.2 Å². The minimum atomic E-state index is -0.208. The fourth-order valence-electron chi connectivity index (χ4n) is 3.62. The SMILES string of the molecule is Cn1cccc1[C@H]1CCC[NH+]1CC(=O)NCCc1ccccc1F. The number of halogens is 1. The Morgan fingerprint density at radius 2 is 2.17 bits per heavy atom. The van der Waals surface area contributed by atoms with Gasteiger partial charge in [0.2, 0.25) is 0 Å². The predicted molar refractivity (Wildman–Crippen MR) is 91.2 cm³/mol. The number of amides is 1. The van der Waals surface area contributed by atoms with Crippen molar-refractivity contribution in [3.63, 3.8) is 0 Å². The third-order valence-electron chi connectivity index (χ3n) is 4.89. The number of nitrogens with one attached hydrogen (secondary N) is 2. The number of carbonyl (C=O) groups excluding carboxylic acids is 1. The van der Waals surface area contributed by atoms with Gasteiger partial charge in [-0.25, -0.2) is 4.39 Å². The van der Waals surface area contributed by atoms with Crippen molar-refractivity contribution in [2.45, 2.75) is 25.3 Å². The third kappa shape index (κ3) is 3.85. The van der Waals surface area contributed by atoms with Gasteiger partial charge in [-0.05, 0) is 30.2 Å². The molecular weight excluding hydrogens is 305 g/mol. The van der Waals surface area contributed by atoms with Crippen LogP contribution in [0.1, 0.15) is 30.1 Å². The van der Waals surface area contributed by atoms with E-state index in [2.05, 4.69) is 35.3 Å². The van der Waals surface area contributed by atoms with Gasteiger partial charge in [-0.15, -0.1) is 0 Å². The molecule has 2 N–H and O–H groups in total. The number of quaternary nitrogens is 1. The number of hydrogen-bond donors (Lipinski definition) is 2. The topological polar surface area (TPSA) is 38.5 Å². The van der Waals surface area contributed by atoms with Crippen LogP contribution in [0.3, 0.4) is 0 Å². The largest absolute Gasteiger partial charge is 0.351 e. The number of carbonyl (C=O) groups is 1. The molecular formula is C19H25FN3O+. The van der Waals surface area contributed by atoms with Crippen LogP contribution in [0.25, 0.3) is 0 Å². The van der Waals surface area contributed by atoms with Crippen molar-refractivity contribution in [2.75, 3.05) is 19.6 Å². The first-order valence-corrected chi connectivity index (χ1v) is 8.61. The van der Waals surface area contributed by atoms with E-state index < -0.39 is 0 Å². The Labute approximate surface area is 142 Å². The Morgan fingerprint density at radius 1 is 1.33 bits per heavy atom. The summed E-state index contributed by atoms with van der Waals surface area (Å²) >= 11 is 0. The molecule has 0 radical (unpaired) electrons. The molecule has 1 aromatic heterocycles. The molecule has 1 amide bonds. The zero-order valence-electron chi connectivity index (χ0n) is 14.1. The fraction of sp³-hybridized carbons (Fsp3) is 0.421. The highest BCUT2D eigenvalue weighted by Crippen LogP contribution is 2.18. The van der Waals surface area contributed by atoms with Crippen molar-refractivity contribution in [1.82, 2.24) is 9.88 Å². The summed E-state index contributed by atoms with van der Waals surface area (Å²) in [5.74, 6) is -0.164. The molecule has 0 bridgehead atoms. The number of aromatic nitrogens is 1. The van der Waals surface area contributed by atoms with Crippen molar-refractivity contribution in [3.8, 4) is 0 Å². The van der Waals surface area contributed by atoms with E-state index >= 15 is 0 Å². The number of likely N-dealkylation sites (tertiary alicyclic amines) is 1. The summed E-state index contributed by atoms with van der Waals surface area (Å²) in [4.78, 5) is 13.6. The van der Waals surface area contributed by atoms with E-state index in [4.69, 9.17) is 0 Å². The lowest BCUT2D eigenvalue weighted by atomic mass is 10.1. The number of hydrogen-bond acceptors (Lipinski definition) is 1. The minimum Gasteiger partial charge on any atom is -0.351 e. The second-order valence-electron chi connectivity index (χ2n) is 6.52. The van der Waals surface area contributed by atoms with Gasteiger partial charge in [0.15, 0.2) is 6.54 Å². The van der Waals surface area contributed by atoms with Crippen LogP contribution in [0.4, 0.5) is 4.39 Å². The van der Waals surface area contributed by atoms with Gasteiger partial charge in [0.25, 0.3) is 5.91 Å². The van der Waals surface area contributed by atoms with Gasteiger partial charge in [0.1, 0.15) is 11.9 Å². The van der Waals surface area contributed by atoms with Crippen LogP contribution >= 0.6 is 0 Å². The van der Waals surface area contributed by atoms with E-state index in [1.807, 2.05) is 6.07 Å². The molecule has 1 aromatic carbocycles. The molecule has 1 saturated heterocycles. The van der Waals surface area contributed by atoms with Crippen LogP contribution in [0.2, 0.25) is 0 Å². The van der Waals surface area contributed by atoms with Crippen LogP contribution in [-0.4, -0.2) is 30.1 Å². The number of aryl methyl sites for hydroxylation is 1. The molecule has 1 aliphatic heterocycles. The Hall–Kier alpha value is -2.14. The average Bonchev–Trinajstić information content (AvgIpc) is 3.17. The van der Waals surface area contributed by atoms with Gasteiger partial charge in [-0.1, -0.05) is 18.2 Å². The summed E-state index contributed by atoms with van der Waals surface area (Å²) in [5.41, 5.74) is 1.94. The molecule has 2 atom stereocenters. The van der Waals surface area contributed by atoms with E-state index in [9.17, 15) is 9.18 Å². The molecule has 128 valence electrons. The normalized spacial score (nSPS) is 20.2. The highest BCUT2D eigenvalue weighted by atomic mass is 19.1. The zero-order chi connectivity index (χ0) is 16.9. The van der Waals surface area contributed by atoms with Crippen molar-refractivity contribution in [2.24, 2.45) is 7.05 Å². The first kappa shape index (κ1) is 16.7. The lowest BCUT2D eigenvalue weighted by Crippen LogP contribution is -3.11. The fourth-order valence-corrected chi connectivity index (χ4v) is 3.62. The summed E-state index contributed by atoms with van der Waals surface area (Å²) < 4.78 is 15.7. The molecule has 0 spiro atoms. The lowest BCUT2D eigenvalue weighted by Gasteiger charge is -2.21. The van der Waals surface area contributed by atoms with Gasteiger partial charge in [-0.3, -0.25) is 4.79 Å². The number of nitrogens with zero attached hydrogens (tertiary/aromatic N) is 1. The standard InChI is InChI=1S/C19H24FN3O/c1-22-12-4-8-17(22)18-9-5-13-23(18)14-19(24)21-11-10-15-6-2-3-7-16(15)20/h2-4,6-8,12,18H,5,9-11,13-14H2,1H3,(H,21,24)/p+1/t18-/m1/s1. The number of rotatable bonds is 6. The lowest BCUT2D eigenvalue weighted by molar-refractivity contribution is -0.911. The van der Waals surface area contributed by atoms with Gasteiger partial charge in [-0.2, -0.15) is 0 Å². The smallest absolute Gasteiger partial charge is 0.275 e. The summed E-state index contributed by atoms with van der Waals surface area (Å²) in [5, 5.41) is 2.93. The molecule has 0 saturated carbocycles. The zero-order valence-corrected chi connectivity index (χ0v) is 14.1. The summed E-state index contributed by atoms with van der Waals surface area (Å²) in [6.45, 7) is 1.98. The minimum absolute atomic E-state index is 0.0439. The monoisotopic (exact) mass is 330 g/mol. The van der Waals surface area contributed by atoms with Crippen LogP contribution in [0, 0.1) is 5.82 Å². The van der Waals surface area contributed by atoms with E-state index in [-0.39, 0.29) is 11.7 Å². The van der Waals surface area contributed by atoms with Gasteiger partial charge < -0.3 is 14.8 Å². The highest BCUT2D eigenvalue weighted by Gasteiger charge is 2.32. The maximum absolute atomic E-state index is 13.6. The van der Waals surface area contributed by atoms with E-state index in [1.165, 1.54) is 16.7 Å². The molecule has 5 heteroatoms. The first-order chi connectivity index (χ1) is 11.6. The van der Waals surface area contributed by atoms with Gasteiger partial charge in [0.05, 0.1) is 12.2 Å². The maximum atomic E-state index is 13.6. The van der Waals surface area contributed by atoms with Crippen molar-refractivity contribution in [1.29, 1.82) is 0 Å². The average molecular weight is 330 g/mol. The maximum Gasteiger partial charge on any atom is 0.275 e. The van der Waals surface area contributed by atoms with Gasteiger partial charge in [0, 0.05) is 32.6 Å². The molecule has 3 rings (SSSR count). The molecule has 2 aromatic rings. The molecule has 1 aliphatic rings.